The van der Waals surface area contributed by atoms with Crippen molar-refractivity contribution in [3.05, 3.63) is 107 Å². The summed E-state index contributed by atoms with van der Waals surface area (Å²) in [5.41, 5.74) is 3.34. The van der Waals surface area contributed by atoms with Crippen molar-refractivity contribution < 1.29 is 19.4 Å². The summed E-state index contributed by atoms with van der Waals surface area (Å²) in [5.74, 6) is 1.98. The van der Waals surface area contributed by atoms with E-state index in [0.29, 0.717) is 17.9 Å². The summed E-state index contributed by atoms with van der Waals surface area (Å²) in [6, 6.07) is 25.1. The molecule has 4 aromatic rings. The van der Waals surface area contributed by atoms with Crippen LogP contribution in [0.5, 0.6) is 17.2 Å². The molecule has 0 saturated heterocycles. The third-order valence-electron chi connectivity index (χ3n) is 7.24. The largest absolute Gasteiger partial charge is 0.507 e. The molecule has 0 aromatic heterocycles. The van der Waals surface area contributed by atoms with E-state index in [9.17, 15) is 9.90 Å². The number of hydrogen-bond donors (Lipinski definition) is 1. The lowest BCUT2D eigenvalue weighted by molar-refractivity contribution is 0.104. The quantitative estimate of drug-likeness (QED) is 0.200. The van der Waals surface area contributed by atoms with Crippen LogP contribution >= 0.6 is 0 Å². The average molecular weight is 493 g/mol. The Hall–Kier alpha value is -4.05. The van der Waals surface area contributed by atoms with E-state index >= 15 is 0 Å². The Morgan fingerprint density at radius 3 is 2.54 bits per heavy atom. The second kappa shape index (κ2) is 11.3. The molecule has 188 valence electrons. The van der Waals surface area contributed by atoms with E-state index in [4.69, 9.17) is 9.47 Å². The molecule has 5 rings (SSSR count). The van der Waals surface area contributed by atoms with E-state index < -0.39 is 0 Å². The smallest absolute Gasteiger partial charge is 0.189 e. The van der Waals surface area contributed by atoms with Crippen LogP contribution in [-0.2, 0) is 6.61 Å². The number of carbonyl (C=O) groups is 1. The topological polar surface area (TPSA) is 55.8 Å². The number of allylic oxidation sites excluding steroid dienone is 1. The molecule has 0 aliphatic heterocycles. The molecule has 4 nitrogen and oxygen atoms in total. The Kier molecular flexibility index (Phi) is 7.55. The molecule has 0 amide bonds. The molecule has 0 heterocycles. The summed E-state index contributed by atoms with van der Waals surface area (Å²) in [7, 11) is 1.65. The highest BCUT2D eigenvalue weighted by Gasteiger charge is 2.19. The van der Waals surface area contributed by atoms with Crippen LogP contribution in [0.1, 0.15) is 65.1 Å². The van der Waals surface area contributed by atoms with Gasteiger partial charge in [-0.2, -0.15) is 0 Å². The fraction of sp³-hybridized carbons (Fsp3) is 0.242. The second-order valence-electron chi connectivity index (χ2n) is 9.61. The highest BCUT2D eigenvalue weighted by atomic mass is 16.5. The van der Waals surface area contributed by atoms with Gasteiger partial charge in [0.15, 0.2) is 5.78 Å². The number of fused-ring (bicyclic) bond motifs is 1. The lowest BCUT2D eigenvalue weighted by Gasteiger charge is -2.24. The molecule has 0 bridgehead atoms. The number of aromatic hydroxyl groups is 1. The van der Waals surface area contributed by atoms with Crippen LogP contribution in [0.25, 0.3) is 16.8 Å². The van der Waals surface area contributed by atoms with Gasteiger partial charge in [-0.25, -0.2) is 0 Å². The van der Waals surface area contributed by atoms with E-state index in [0.717, 1.165) is 28.0 Å². The molecule has 0 unspecified atom stereocenters. The minimum Gasteiger partial charge on any atom is -0.507 e. The molecule has 37 heavy (non-hydrogen) atoms. The van der Waals surface area contributed by atoms with Crippen LogP contribution in [0.4, 0.5) is 0 Å². The molecule has 1 aliphatic carbocycles. The molecule has 1 fully saturated rings. The van der Waals surface area contributed by atoms with Gasteiger partial charge in [0, 0.05) is 10.9 Å². The van der Waals surface area contributed by atoms with Crippen LogP contribution in [-0.4, -0.2) is 18.0 Å². The van der Waals surface area contributed by atoms with E-state index in [-0.39, 0.29) is 17.1 Å². The van der Waals surface area contributed by atoms with Gasteiger partial charge in [-0.05, 0) is 65.6 Å². The highest BCUT2D eigenvalue weighted by Crippen LogP contribution is 2.38. The first kappa shape index (κ1) is 24.6. The first-order valence-electron chi connectivity index (χ1n) is 13.0. The molecule has 0 spiro atoms. The predicted molar refractivity (Wildman–Crippen MR) is 149 cm³/mol. The summed E-state index contributed by atoms with van der Waals surface area (Å²) < 4.78 is 11.9. The van der Waals surface area contributed by atoms with Gasteiger partial charge in [0.2, 0.25) is 0 Å². The maximum atomic E-state index is 12.9. The number of benzene rings is 4. The molecule has 4 heteroatoms. The third-order valence-corrected chi connectivity index (χ3v) is 7.24. The summed E-state index contributed by atoms with van der Waals surface area (Å²) >= 11 is 0. The van der Waals surface area contributed by atoms with Crippen LogP contribution < -0.4 is 9.47 Å². The van der Waals surface area contributed by atoms with Crippen LogP contribution in [0.2, 0.25) is 0 Å². The molecule has 0 radical (unpaired) electrons. The highest BCUT2D eigenvalue weighted by molar-refractivity contribution is 6.11. The molecule has 1 aliphatic rings. The lowest BCUT2D eigenvalue weighted by Crippen LogP contribution is -2.07. The van der Waals surface area contributed by atoms with Gasteiger partial charge >= 0.3 is 0 Å². The summed E-state index contributed by atoms with van der Waals surface area (Å²) in [5, 5.41) is 12.2. The molecule has 0 atom stereocenters. The normalized spacial score (nSPS) is 14.2. The van der Waals surface area contributed by atoms with Gasteiger partial charge in [-0.15, -0.1) is 0 Å². The zero-order valence-electron chi connectivity index (χ0n) is 21.2. The number of carbonyl (C=O) groups excluding carboxylic acids is 1. The predicted octanol–water partition coefficient (Wildman–Crippen LogP) is 8.08. The molecular formula is C33H32O4. The summed E-state index contributed by atoms with van der Waals surface area (Å²) in [6.07, 6.45) is 9.55. The minimum atomic E-state index is -0.252. The van der Waals surface area contributed by atoms with E-state index in [2.05, 4.69) is 18.2 Å². The first-order valence-corrected chi connectivity index (χ1v) is 13.0. The average Bonchev–Trinajstić information content (AvgIpc) is 2.96. The van der Waals surface area contributed by atoms with Crippen molar-refractivity contribution in [3.63, 3.8) is 0 Å². The van der Waals surface area contributed by atoms with Crippen molar-refractivity contribution in [2.24, 2.45) is 0 Å². The minimum absolute atomic E-state index is 0.00759. The van der Waals surface area contributed by atoms with Gasteiger partial charge in [0.25, 0.3) is 0 Å². The van der Waals surface area contributed by atoms with Crippen molar-refractivity contribution in [1.29, 1.82) is 0 Å². The Morgan fingerprint density at radius 1 is 0.919 bits per heavy atom. The van der Waals surface area contributed by atoms with Crippen LogP contribution in [0.3, 0.4) is 0 Å². The van der Waals surface area contributed by atoms with Gasteiger partial charge < -0.3 is 14.6 Å². The standard InChI is InChI=1S/C33H32O4/c1-36-31-20-16-23(15-19-30(34)29-18-17-25-11-5-6-13-28(25)33(29)35)21-26(31)22-37-32-14-8-7-12-27(32)24-9-3-2-4-10-24/h5-8,11-21,24,35H,2-4,9-10,22H2,1H3. The number of ether oxygens (including phenoxy) is 2. The van der Waals surface area contributed by atoms with E-state index in [1.807, 2.05) is 54.6 Å². The second-order valence-corrected chi connectivity index (χ2v) is 9.61. The third kappa shape index (κ3) is 5.54. The van der Waals surface area contributed by atoms with Gasteiger partial charge in [-0.3, -0.25) is 4.79 Å². The zero-order valence-corrected chi connectivity index (χ0v) is 21.2. The summed E-state index contributed by atoms with van der Waals surface area (Å²) in [4.78, 5) is 12.9. The number of para-hydroxylation sites is 1. The van der Waals surface area contributed by atoms with Gasteiger partial charge in [0.05, 0.1) is 12.7 Å². The van der Waals surface area contributed by atoms with Crippen molar-refractivity contribution in [1.82, 2.24) is 0 Å². The van der Waals surface area contributed by atoms with Crippen molar-refractivity contribution in [3.8, 4) is 17.2 Å². The lowest BCUT2D eigenvalue weighted by atomic mass is 9.84. The van der Waals surface area contributed by atoms with Crippen LogP contribution in [0.15, 0.2) is 84.9 Å². The Bertz CT molecular complexity index is 1430. The molecule has 1 N–H and O–H groups in total. The SMILES string of the molecule is COc1ccc(C=CC(=O)c2ccc3ccccc3c2O)cc1COc1ccccc1C1CCCCC1. The van der Waals surface area contributed by atoms with Crippen LogP contribution in [0, 0.1) is 0 Å². The fourth-order valence-corrected chi connectivity index (χ4v) is 5.25. The number of phenols is 1. The Balaban J connectivity index is 1.34. The van der Waals surface area contributed by atoms with Crippen molar-refractivity contribution in [2.75, 3.05) is 7.11 Å². The Morgan fingerprint density at radius 2 is 1.70 bits per heavy atom. The van der Waals surface area contributed by atoms with Gasteiger partial charge in [0.1, 0.15) is 23.9 Å². The van der Waals surface area contributed by atoms with Crippen molar-refractivity contribution in [2.45, 2.75) is 44.6 Å². The Labute approximate surface area is 218 Å². The number of methoxy groups -OCH3 is 1. The number of hydrogen-bond acceptors (Lipinski definition) is 4. The molecular weight excluding hydrogens is 460 g/mol. The first-order chi connectivity index (χ1) is 18.1. The number of phenolic OH excluding ortho intramolecular Hbond substituents is 1. The number of ketones is 1. The molecule has 4 aromatic carbocycles. The van der Waals surface area contributed by atoms with E-state index in [1.165, 1.54) is 43.7 Å². The van der Waals surface area contributed by atoms with Gasteiger partial charge in [-0.1, -0.05) is 79.9 Å². The maximum Gasteiger partial charge on any atom is 0.189 e. The zero-order chi connectivity index (χ0) is 25.6. The van der Waals surface area contributed by atoms with E-state index in [1.54, 1.807) is 19.3 Å². The maximum absolute atomic E-state index is 12.9. The number of rotatable bonds is 8. The monoisotopic (exact) mass is 492 g/mol. The van der Waals surface area contributed by atoms with Crippen molar-refractivity contribution >= 4 is 22.6 Å². The fourth-order valence-electron chi connectivity index (χ4n) is 5.25. The summed E-state index contributed by atoms with van der Waals surface area (Å²) in [6.45, 7) is 0.369. The molecule has 1 saturated carbocycles.